The third-order valence-corrected chi connectivity index (χ3v) is 7.05. The Bertz CT molecular complexity index is 1540. The van der Waals surface area contributed by atoms with Gasteiger partial charge >= 0.3 is 0 Å². The molecule has 0 bridgehead atoms. The molecule has 2 heterocycles. The Hall–Kier alpha value is -4.23. The fraction of sp³-hybridized carbons (Fsp3) is 0.226. The first-order valence-electron chi connectivity index (χ1n) is 12.6. The van der Waals surface area contributed by atoms with Crippen LogP contribution in [0.5, 0.6) is 0 Å². The van der Waals surface area contributed by atoms with Crippen LogP contribution in [0.15, 0.2) is 72.8 Å². The van der Waals surface area contributed by atoms with Gasteiger partial charge in [0.05, 0.1) is 0 Å². The summed E-state index contributed by atoms with van der Waals surface area (Å²) in [5, 5.41) is 6.33. The maximum absolute atomic E-state index is 14.0. The van der Waals surface area contributed by atoms with Crippen LogP contribution in [0.25, 0.3) is 0 Å². The van der Waals surface area contributed by atoms with Crippen molar-refractivity contribution >= 4 is 23.1 Å². The summed E-state index contributed by atoms with van der Waals surface area (Å²) >= 11 is 0. The van der Waals surface area contributed by atoms with Gasteiger partial charge in [0.2, 0.25) is 0 Å². The van der Waals surface area contributed by atoms with Crippen LogP contribution in [0.3, 0.4) is 0 Å². The van der Waals surface area contributed by atoms with Crippen LogP contribution in [0.2, 0.25) is 0 Å². The van der Waals surface area contributed by atoms with Gasteiger partial charge in [0.25, 0.3) is 5.91 Å². The third-order valence-electron chi connectivity index (χ3n) is 7.05. The minimum absolute atomic E-state index is 0.0474. The standard InChI is InChI=1S/C31H31FN4O2/c1-19-16-22(33-31(38)25-9-7-10-26(32)20(25)2)12-14-24(19)30(37)29-28-15-13-23(18-35(3)4)36(28)17-21-8-5-6-11-27(21)34-29/h5-16,29,34H,17-18H2,1-4H3,(H,33,38). The predicted octanol–water partition coefficient (Wildman–Crippen LogP) is 5.96. The molecular weight excluding hydrogens is 479 g/mol. The van der Waals surface area contributed by atoms with Crippen LogP contribution in [0, 0.1) is 19.7 Å². The van der Waals surface area contributed by atoms with Crippen molar-refractivity contribution in [2.24, 2.45) is 0 Å². The summed E-state index contributed by atoms with van der Waals surface area (Å²) in [5.74, 6) is -0.867. The summed E-state index contributed by atoms with van der Waals surface area (Å²) in [5.41, 5.74) is 6.57. The molecule has 0 aliphatic carbocycles. The first-order valence-corrected chi connectivity index (χ1v) is 12.6. The van der Waals surface area contributed by atoms with E-state index in [1.807, 2.05) is 45.3 Å². The van der Waals surface area contributed by atoms with Crippen molar-refractivity contribution in [2.75, 3.05) is 24.7 Å². The Morgan fingerprint density at radius 3 is 2.55 bits per heavy atom. The van der Waals surface area contributed by atoms with E-state index in [1.165, 1.54) is 12.1 Å². The Morgan fingerprint density at radius 1 is 1.00 bits per heavy atom. The highest BCUT2D eigenvalue weighted by Crippen LogP contribution is 2.33. The largest absolute Gasteiger partial charge is 0.370 e. The summed E-state index contributed by atoms with van der Waals surface area (Å²) in [6.07, 6.45) is 0. The summed E-state index contributed by atoms with van der Waals surface area (Å²) in [6.45, 7) is 4.88. The van der Waals surface area contributed by atoms with Crippen LogP contribution in [-0.2, 0) is 13.1 Å². The van der Waals surface area contributed by atoms with E-state index in [0.29, 0.717) is 23.4 Å². The van der Waals surface area contributed by atoms with E-state index in [-0.39, 0.29) is 11.3 Å². The summed E-state index contributed by atoms with van der Waals surface area (Å²) in [6, 6.07) is 21.3. The Balaban J connectivity index is 1.45. The van der Waals surface area contributed by atoms with Gasteiger partial charge in [0.15, 0.2) is 5.78 Å². The van der Waals surface area contributed by atoms with Crippen molar-refractivity contribution in [1.29, 1.82) is 0 Å². The molecule has 2 N–H and O–H groups in total. The number of nitrogens with zero attached hydrogens (tertiary/aromatic N) is 2. The number of amides is 1. The Labute approximate surface area is 222 Å². The zero-order valence-corrected chi connectivity index (χ0v) is 22.0. The number of carbonyl (C=O) groups is 2. The molecule has 7 heteroatoms. The number of benzene rings is 3. The lowest BCUT2D eigenvalue weighted by molar-refractivity contribution is 0.0965. The Kier molecular flexibility index (Phi) is 6.87. The fourth-order valence-electron chi connectivity index (χ4n) is 5.06. The molecule has 5 rings (SSSR count). The number of para-hydroxylation sites is 1. The monoisotopic (exact) mass is 510 g/mol. The van der Waals surface area contributed by atoms with Gasteiger partial charge in [-0.05, 0) is 93.2 Å². The number of hydrogen-bond acceptors (Lipinski definition) is 4. The highest BCUT2D eigenvalue weighted by Gasteiger charge is 2.30. The summed E-state index contributed by atoms with van der Waals surface area (Å²) in [4.78, 5) is 28.9. The fourth-order valence-corrected chi connectivity index (χ4v) is 5.06. The topological polar surface area (TPSA) is 66.4 Å². The van der Waals surface area contributed by atoms with Gasteiger partial charge in [-0.1, -0.05) is 24.3 Å². The molecule has 1 aliphatic rings. The first kappa shape index (κ1) is 25.4. The van der Waals surface area contributed by atoms with Crippen LogP contribution in [0.1, 0.15) is 54.8 Å². The number of aryl methyl sites for hydroxylation is 1. The van der Waals surface area contributed by atoms with Crippen LogP contribution in [-0.4, -0.2) is 35.3 Å². The molecule has 1 unspecified atom stereocenters. The van der Waals surface area contributed by atoms with Gasteiger partial charge < -0.3 is 20.1 Å². The molecule has 1 aliphatic heterocycles. The number of nitrogens with one attached hydrogen (secondary N) is 2. The van der Waals surface area contributed by atoms with E-state index in [9.17, 15) is 14.0 Å². The number of halogens is 1. The van der Waals surface area contributed by atoms with E-state index in [2.05, 4.69) is 32.2 Å². The molecule has 4 aromatic rings. The second-order valence-corrected chi connectivity index (χ2v) is 10.1. The van der Waals surface area contributed by atoms with E-state index in [0.717, 1.165) is 34.7 Å². The highest BCUT2D eigenvalue weighted by atomic mass is 19.1. The molecule has 0 spiro atoms. The van der Waals surface area contributed by atoms with Gasteiger partial charge in [-0.2, -0.15) is 0 Å². The average molecular weight is 511 g/mol. The van der Waals surface area contributed by atoms with Gasteiger partial charge in [-0.25, -0.2) is 4.39 Å². The minimum Gasteiger partial charge on any atom is -0.370 e. The number of ketones is 1. The van der Waals surface area contributed by atoms with Crippen molar-refractivity contribution in [1.82, 2.24) is 9.47 Å². The summed E-state index contributed by atoms with van der Waals surface area (Å²) < 4.78 is 16.2. The molecule has 194 valence electrons. The second-order valence-electron chi connectivity index (χ2n) is 10.1. The van der Waals surface area contributed by atoms with E-state index >= 15 is 0 Å². The second kappa shape index (κ2) is 10.3. The third kappa shape index (κ3) is 4.85. The predicted molar refractivity (Wildman–Crippen MR) is 148 cm³/mol. The zero-order chi connectivity index (χ0) is 27.0. The number of anilines is 2. The lowest BCUT2D eigenvalue weighted by Crippen LogP contribution is -2.24. The van der Waals surface area contributed by atoms with Crippen molar-refractivity contribution in [2.45, 2.75) is 33.0 Å². The number of rotatable bonds is 6. The van der Waals surface area contributed by atoms with E-state index in [4.69, 9.17) is 0 Å². The maximum Gasteiger partial charge on any atom is 0.256 e. The van der Waals surface area contributed by atoms with Gasteiger partial charge in [0.1, 0.15) is 11.9 Å². The van der Waals surface area contributed by atoms with E-state index < -0.39 is 17.8 Å². The molecule has 1 amide bonds. The number of fused-ring (bicyclic) bond motifs is 2. The molecule has 0 fully saturated rings. The van der Waals surface area contributed by atoms with Crippen molar-refractivity contribution in [3.05, 3.63) is 118 Å². The Morgan fingerprint density at radius 2 is 1.79 bits per heavy atom. The summed E-state index contributed by atoms with van der Waals surface area (Å²) in [7, 11) is 4.07. The smallest absolute Gasteiger partial charge is 0.256 e. The van der Waals surface area contributed by atoms with Crippen molar-refractivity contribution in [3.63, 3.8) is 0 Å². The lowest BCUT2D eigenvalue weighted by Gasteiger charge is -2.20. The SMILES string of the molecule is Cc1cc(NC(=O)c2cccc(F)c2C)ccc1C(=O)C1Nc2ccccc2Cn2c(CN(C)C)ccc21. The first-order chi connectivity index (χ1) is 18.2. The normalized spacial score (nSPS) is 14.3. The van der Waals surface area contributed by atoms with E-state index in [1.54, 1.807) is 31.2 Å². The van der Waals surface area contributed by atoms with Crippen LogP contribution < -0.4 is 10.6 Å². The molecular formula is C31H31FN4O2. The minimum atomic E-state index is -0.566. The average Bonchev–Trinajstić information content (AvgIpc) is 3.16. The number of aromatic nitrogens is 1. The molecule has 6 nitrogen and oxygen atoms in total. The maximum atomic E-state index is 14.0. The molecule has 1 atom stereocenters. The quantitative estimate of drug-likeness (QED) is 0.314. The number of Topliss-reactive ketones (excluding diaryl/α,β-unsaturated/α-hetero) is 1. The van der Waals surface area contributed by atoms with Gasteiger partial charge in [-0.15, -0.1) is 0 Å². The van der Waals surface area contributed by atoms with Crippen molar-refractivity contribution in [3.8, 4) is 0 Å². The number of hydrogen-bond donors (Lipinski definition) is 2. The van der Waals surface area contributed by atoms with Crippen LogP contribution in [0.4, 0.5) is 15.8 Å². The zero-order valence-electron chi connectivity index (χ0n) is 22.0. The molecule has 0 saturated carbocycles. The van der Waals surface area contributed by atoms with Crippen LogP contribution >= 0.6 is 0 Å². The molecule has 3 aromatic carbocycles. The number of carbonyl (C=O) groups excluding carboxylic acids is 2. The highest BCUT2D eigenvalue weighted by molar-refractivity contribution is 6.07. The van der Waals surface area contributed by atoms with Gasteiger partial charge in [0, 0.05) is 47.0 Å². The molecule has 0 saturated heterocycles. The van der Waals surface area contributed by atoms with Gasteiger partial charge in [-0.3, -0.25) is 9.59 Å². The molecule has 38 heavy (non-hydrogen) atoms. The molecule has 1 aromatic heterocycles. The van der Waals surface area contributed by atoms with Crippen molar-refractivity contribution < 1.29 is 14.0 Å². The molecule has 0 radical (unpaired) electrons. The lowest BCUT2D eigenvalue weighted by atomic mass is 9.96.